The van der Waals surface area contributed by atoms with Crippen molar-refractivity contribution in [2.75, 3.05) is 11.9 Å². The van der Waals surface area contributed by atoms with Gasteiger partial charge in [-0.2, -0.15) is 0 Å². The molecular weight excluding hydrogens is 234 g/mol. The van der Waals surface area contributed by atoms with Crippen molar-refractivity contribution in [1.82, 2.24) is 0 Å². The van der Waals surface area contributed by atoms with Crippen molar-refractivity contribution < 1.29 is 9.66 Å². The summed E-state index contributed by atoms with van der Waals surface area (Å²) in [5.41, 5.74) is 6.46. The van der Waals surface area contributed by atoms with Gasteiger partial charge in [-0.25, -0.2) is 0 Å². The predicted molar refractivity (Wildman–Crippen MR) is 68.5 cm³/mol. The van der Waals surface area contributed by atoms with Crippen LogP contribution in [0, 0.1) is 10.1 Å². The molecule has 0 aromatic heterocycles. The Morgan fingerprint density at radius 1 is 1.56 bits per heavy atom. The standard InChI is InChI=1S/C12H17N3O3/c1-2-18-11-7-8(13)12(11)14-9-5-3-4-6-10(9)15(16)17/h3-6,8,11-12,14H,2,7,13H2,1H3. The summed E-state index contributed by atoms with van der Waals surface area (Å²) in [6.45, 7) is 2.54. The number of nitro benzene ring substituents is 1. The van der Waals surface area contributed by atoms with E-state index in [0.717, 1.165) is 6.42 Å². The first kappa shape index (κ1) is 12.8. The van der Waals surface area contributed by atoms with E-state index in [4.69, 9.17) is 10.5 Å². The van der Waals surface area contributed by atoms with Gasteiger partial charge in [0.25, 0.3) is 5.69 Å². The maximum Gasteiger partial charge on any atom is 0.292 e. The molecule has 1 saturated carbocycles. The normalized spacial score (nSPS) is 26.4. The number of nitro groups is 1. The van der Waals surface area contributed by atoms with Crippen molar-refractivity contribution in [3.05, 3.63) is 34.4 Å². The Morgan fingerprint density at radius 3 is 2.89 bits per heavy atom. The van der Waals surface area contributed by atoms with Crippen LogP contribution in [0.2, 0.25) is 0 Å². The van der Waals surface area contributed by atoms with Crippen LogP contribution in [0.15, 0.2) is 24.3 Å². The number of hydrogen-bond acceptors (Lipinski definition) is 5. The fraction of sp³-hybridized carbons (Fsp3) is 0.500. The lowest BCUT2D eigenvalue weighted by Gasteiger charge is -2.42. The van der Waals surface area contributed by atoms with Crippen LogP contribution in [0.25, 0.3) is 0 Å². The van der Waals surface area contributed by atoms with Crippen molar-refractivity contribution >= 4 is 11.4 Å². The van der Waals surface area contributed by atoms with Crippen LogP contribution in [0.3, 0.4) is 0 Å². The SMILES string of the molecule is CCOC1CC(N)C1Nc1ccccc1[N+](=O)[O-]. The number of nitrogens with zero attached hydrogens (tertiary/aromatic N) is 1. The highest BCUT2D eigenvalue weighted by Gasteiger charge is 2.40. The number of anilines is 1. The van der Waals surface area contributed by atoms with Crippen LogP contribution in [0.4, 0.5) is 11.4 Å². The molecule has 3 N–H and O–H groups in total. The van der Waals surface area contributed by atoms with Crippen LogP contribution >= 0.6 is 0 Å². The van der Waals surface area contributed by atoms with E-state index in [1.807, 2.05) is 6.92 Å². The third-order valence-corrected chi connectivity index (χ3v) is 3.17. The minimum atomic E-state index is -0.401. The molecule has 6 heteroatoms. The van der Waals surface area contributed by atoms with Gasteiger partial charge < -0.3 is 15.8 Å². The molecular formula is C12H17N3O3. The van der Waals surface area contributed by atoms with E-state index in [-0.39, 0.29) is 23.9 Å². The Labute approximate surface area is 105 Å². The average Bonchev–Trinajstić information content (AvgIpc) is 2.36. The van der Waals surface area contributed by atoms with Gasteiger partial charge in [0.15, 0.2) is 0 Å². The molecule has 2 rings (SSSR count). The molecule has 3 atom stereocenters. The number of benzene rings is 1. The second kappa shape index (κ2) is 5.32. The fourth-order valence-corrected chi connectivity index (χ4v) is 2.16. The molecule has 0 spiro atoms. The van der Waals surface area contributed by atoms with Gasteiger partial charge in [-0.1, -0.05) is 12.1 Å². The molecule has 1 fully saturated rings. The highest BCUT2D eigenvalue weighted by Crippen LogP contribution is 2.30. The Bertz CT molecular complexity index is 436. The minimum Gasteiger partial charge on any atom is -0.376 e. The van der Waals surface area contributed by atoms with E-state index in [0.29, 0.717) is 12.3 Å². The summed E-state index contributed by atoms with van der Waals surface area (Å²) in [7, 11) is 0. The van der Waals surface area contributed by atoms with Gasteiger partial charge >= 0.3 is 0 Å². The summed E-state index contributed by atoms with van der Waals surface area (Å²) in [6, 6.07) is 6.47. The van der Waals surface area contributed by atoms with Crippen molar-refractivity contribution in [1.29, 1.82) is 0 Å². The lowest BCUT2D eigenvalue weighted by Crippen LogP contribution is -2.60. The van der Waals surface area contributed by atoms with Gasteiger partial charge in [0.1, 0.15) is 5.69 Å². The van der Waals surface area contributed by atoms with Crippen molar-refractivity contribution in [2.24, 2.45) is 5.73 Å². The zero-order chi connectivity index (χ0) is 13.1. The average molecular weight is 251 g/mol. The van der Waals surface area contributed by atoms with Crippen molar-refractivity contribution in [2.45, 2.75) is 31.5 Å². The van der Waals surface area contributed by atoms with E-state index < -0.39 is 4.92 Å². The van der Waals surface area contributed by atoms with Gasteiger partial charge in [-0.05, 0) is 19.4 Å². The maximum absolute atomic E-state index is 10.9. The summed E-state index contributed by atoms with van der Waals surface area (Å²) < 4.78 is 5.52. The van der Waals surface area contributed by atoms with E-state index in [9.17, 15) is 10.1 Å². The zero-order valence-electron chi connectivity index (χ0n) is 10.2. The summed E-state index contributed by atoms with van der Waals surface area (Å²) in [5, 5.41) is 14.0. The van der Waals surface area contributed by atoms with Crippen LogP contribution in [-0.4, -0.2) is 29.7 Å². The summed E-state index contributed by atoms with van der Waals surface area (Å²) in [6.07, 6.45) is 0.816. The molecule has 0 aliphatic heterocycles. The lowest BCUT2D eigenvalue weighted by atomic mass is 9.83. The monoisotopic (exact) mass is 251 g/mol. The number of nitrogens with one attached hydrogen (secondary N) is 1. The molecule has 1 aromatic carbocycles. The molecule has 1 aliphatic carbocycles. The van der Waals surface area contributed by atoms with Gasteiger partial charge in [-0.3, -0.25) is 10.1 Å². The Balaban J connectivity index is 2.11. The zero-order valence-corrected chi connectivity index (χ0v) is 10.2. The summed E-state index contributed by atoms with van der Waals surface area (Å²) in [5.74, 6) is 0. The number of hydrogen-bond donors (Lipinski definition) is 2. The smallest absolute Gasteiger partial charge is 0.292 e. The number of nitrogens with two attached hydrogens (primary N) is 1. The van der Waals surface area contributed by atoms with Crippen LogP contribution in [-0.2, 0) is 4.74 Å². The van der Waals surface area contributed by atoms with Crippen LogP contribution in [0.1, 0.15) is 13.3 Å². The largest absolute Gasteiger partial charge is 0.376 e. The second-order valence-corrected chi connectivity index (χ2v) is 4.34. The maximum atomic E-state index is 10.9. The van der Waals surface area contributed by atoms with Crippen LogP contribution < -0.4 is 11.1 Å². The molecule has 0 bridgehead atoms. The van der Waals surface area contributed by atoms with Gasteiger partial charge in [0.05, 0.1) is 17.1 Å². The number of para-hydroxylation sites is 2. The van der Waals surface area contributed by atoms with E-state index >= 15 is 0 Å². The molecule has 98 valence electrons. The van der Waals surface area contributed by atoms with E-state index in [1.54, 1.807) is 18.2 Å². The number of rotatable bonds is 5. The molecule has 6 nitrogen and oxygen atoms in total. The molecule has 1 aromatic rings. The molecule has 1 aliphatic rings. The number of ether oxygens (including phenoxy) is 1. The Morgan fingerprint density at radius 2 is 2.28 bits per heavy atom. The molecule has 0 saturated heterocycles. The highest BCUT2D eigenvalue weighted by atomic mass is 16.6. The molecule has 0 radical (unpaired) electrons. The van der Waals surface area contributed by atoms with Crippen LogP contribution in [0.5, 0.6) is 0 Å². The first-order valence-electron chi connectivity index (χ1n) is 6.00. The summed E-state index contributed by atoms with van der Waals surface area (Å²) in [4.78, 5) is 10.5. The third-order valence-electron chi connectivity index (χ3n) is 3.17. The van der Waals surface area contributed by atoms with Gasteiger partial charge in [0.2, 0.25) is 0 Å². The second-order valence-electron chi connectivity index (χ2n) is 4.34. The quantitative estimate of drug-likeness (QED) is 0.611. The third kappa shape index (κ3) is 2.44. The first-order valence-corrected chi connectivity index (χ1v) is 6.00. The molecule has 0 heterocycles. The Hall–Kier alpha value is -1.66. The van der Waals surface area contributed by atoms with Crippen molar-refractivity contribution in [3.63, 3.8) is 0 Å². The summed E-state index contributed by atoms with van der Waals surface area (Å²) >= 11 is 0. The van der Waals surface area contributed by atoms with Gasteiger partial charge in [-0.15, -0.1) is 0 Å². The highest BCUT2D eigenvalue weighted by molar-refractivity contribution is 5.62. The molecule has 3 unspecified atom stereocenters. The van der Waals surface area contributed by atoms with Crippen molar-refractivity contribution in [3.8, 4) is 0 Å². The topological polar surface area (TPSA) is 90.4 Å². The minimum absolute atomic E-state index is 0.0265. The molecule has 18 heavy (non-hydrogen) atoms. The molecule has 0 amide bonds. The lowest BCUT2D eigenvalue weighted by molar-refractivity contribution is -0.384. The van der Waals surface area contributed by atoms with Gasteiger partial charge in [0, 0.05) is 18.7 Å². The van der Waals surface area contributed by atoms with E-state index in [1.165, 1.54) is 6.07 Å². The first-order chi connectivity index (χ1) is 8.63. The predicted octanol–water partition coefficient (Wildman–Crippen LogP) is 1.51. The van der Waals surface area contributed by atoms with E-state index in [2.05, 4.69) is 5.32 Å². The Kier molecular flexibility index (Phi) is 3.78. The fourth-order valence-electron chi connectivity index (χ4n) is 2.16.